The van der Waals surface area contributed by atoms with Crippen molar-refractivity contribution in [2.75, 3.05) is 0 Å². The number of aromatic nitrogens is 3. The van der Waals surface area contributed by atoms with Crippen LogP contribution in [0, 0.1) is 13.8 Å². The quantitative estimate of drug-likeness (QED) is 0.478. The molecule has 2 aromatic heterocycles. The van der Waals surface area contributed by atoms with Crippen LogP contribution in [0.25, 0.3) is 5.82 Å². The molecule has 0 aliphatic carbocycles. The topological polar surface area (TPSA) is 69.4 Å². The van der Waals surface area contributed by atoms with Crippen molar-refractivity contribution >= 4 is 11.7 Å². The van der Waals surface area contributed by atoms with Crippen molar-refractivity contribution in [1.29, 1.82) is 0 Å². The van der Waals surface area contributed by atoms with Gasteiger partial charge in [0.25, 0.3) is 0 Å². The van der Waals surface area contributed by atoms with E-state index in [-0.39, 0.29) is 17.9 Å². The van der Waals surface area contributed by atoms with Gasteiger partial charge in [0.15, 0.2) is 5.82 Å². The molecule has 0 spiro atoms. The summed E-state index contributed by atoms with van der Waals surface area (Å²) in [7, 11) is 0. The Balaban J connectivity index is 2.42. The van der Waals surface area contributed by atoms with Gasteiger partial charge in [-0.05, 0) is 32.9 Å². The number of rotatable bonds is 4. The highest BCUT2D eigenvalue weighted by atomic mass is 19.4. The van der Waals surface area contributed by atoms with Crippen molar-refractivity contribution in [1.82, 2.24) is 14.8 Å². The summed E-state index contributed by atoms with van der Waals surface area (Å²) >= 11 is 0. The summed E-state index contributed by atoms with van der Waals surface area (Å²) in [5, 5.41) is 7.80. The average Bonchev–Trinajstić information content (AvgIpc) is 2.92. The maximum absolute atomic E-state index is 13.0. The molecule has 2 aromatic rings. The number of hydrogen-bond acceptors (Lipinski definition) is 5. The second-order valence-corrected chi connectivity index (χ2v) is 5.40. The molecule has 0 unspecified atom stereocenters. The van der Waals surface area contributed by atoms with Gasteiger partial charge >= 0.3 is 12.1 Å². The molecule has 9 heteroatoms. The molecule has 2 rings (SSSR count). The predicted octanol–water partition coefficient (Wildman–Crippen LogP) is 3.58. The largest absolute Gasteiger partial charge is 0.416 e. The minimum atomic E-state index is -4.47. The van der Waals surface area contributed by atoms with E-state index < -0.39 is 17.7 Å². The Morgan fingerprint density at radius 1 is 1.32 bits per heavy atom. The lowest BCUT2D eigenvalue weighted by atomic mass is 10.2. The Kier molecular flexibility index (Phi) is 5.24. The van der Waals surface area contributed by atoms with Gasteiger partial charge in [-0.15, -0.1) is 0 Å². The number of halogens is 3. The third kappa shape index (κ3) is 4.23. The van der Waals surface area contributed by atoms with Crippen molar-refractivity contribution in [3.8, 4) is 5.82 Å². The molecule has 25 heavy (non-hydrogen) atoms. The summed E-state index contributed by atoms with van der Waals surface area (Å²) in [5.41, 5.74) is 0.882. The van der Waals surface area contributed by atoms with Crippen molar-refractivity contribution in [3.63, 3.8) is 0 Å². The minimum absolute atomic E-state index is 0.0504. The fourth-order valence-corrected chi connectivity index (χ4v) is 2.15. The van der Waals surface area contributed by atoms with E-state index in [0.717, 1.165) is 12.1 Å². The van der Waals surface area contributed by atoms with Crippen LogP contribution in [0.5, 0.6) is 0 Å². The second-order valence-electron chi connectivity index (χ2n) is 5.40. The molecule has 0 radical (unpaired) electrons. The van der Waals surface area contributed by atoms with Gasteiger partial charge in [0.2, 0.25) is 0 Å². The van der Waals surface area contributed by atoms with E-state index in [1.54, 1.807) is 20.8 Å². The van der Waals surface area contributed by atoms with Crippen molar-refractivity contribution in [2.24, 2.45) is 5.16 Å². The van der Waals surface area contributed by atoms with Gasteiger partial charge in [0.1, 0.15) is 0 Å². The lowest BCUT2D eigenvalue weighted by molar-refractivity contribution is -0.143. The molecule has 6 nitrogen and oxygen atoms in total. The van der Waals surface area contributed by atoms with Crippen LogP contribution in [0.1, 0.15) is 42.8 Å². The lowest BCUT2D eigenvalue weighted by Crippen LogP contribution is -2.10. The fraction of sp³-hybridized carbons (Fsp3) is 0.375. The number of carbonyl (C=O) groups is 1. The molecule has 134 valence electrons. The van der Waals surface area contributed by atoms with E-state index in [1.807, 2.05) is 0 Å². The minimum Gasteiger partial charge on any atom is -0.318 e. The van der Waals surface area contributed by atoms with Gasteiger partial charge in [-0.3, -0.25) is 0 Å². The Hall–Kier alpha value is -2.71. The van der Waals surface area contributed by atoms with E-state index in [1.165, 1.54) is 17.8 Å². The third-order valence-corrected chi connectivity index (χ3v) is 3.46. The Morgan fingerprint density at radius 3 is 2.60 bits per heavy atom. The summed E-state index contributed by atoms with van der Waals surface area (Å²) in [5.74, 6) is -0.436. The highest BCUT2D eigenvalue weighted by molar-refractivity contribution is 5.99. The molecule has 2 heterocycles. The molecule has 0 amide bonds. The van der Waals surface area contributed by atoms with E-state index in [4.69, 9.17) is 4.84 Å². The molecule has 0 N–H and O–H groups in total. The average molecular weight is 354 g/mol. The summed E-state index contributed by atoms with van der Waals surface area (Å²) in [6, 6.07) is 1.90. The first-order valence-corrected chi connectivity index (χ1v) is 7.49. The van der Waals surface area contributed by atoms with E-state index >= 15 is 0 Å². The number of pyridine rings is 1. The van der Waals surface area contributed by atoms with Gasteiger partial charge < -0.3 is 4.84 Å². The van der Waals surface area contributed by atoms with Crippen LogP contribution in [0.3, 0.4) is 0 Å². The van der Waals surface area contributed by atoms with Gasteiger partial charge in [-0.2, -0.15) is 18.3 Å². The molecule has 0 aromatic carbocycles. The molecule has 0 bridgehead atoms. The maximum atomic E-state index is 13.0. The summed E-state index contributed by atoms with van der Waals surface area (Å²) < 4.78 is 40.2. The number of aryl methyl sites for hydroxylation is 1. The van der Waals surface area contributed by atoms with Gasteiger partial charge in [0.05, 0.1) is 23.2 Å². The zero-order valence-corrected chi connectivity index (χ0v) is 14.2. The zero-order chi connectivity index (χ0) is 18.8. The van der Waals surface area contributed by atoms with Crippen LogP contribution in [-0.4, -0.2) is 26.4 Å². The molecule has 0 aliphatic rings. The summed E-state index contributed by atoms with van der Waals surface area (Å²) in [6.07, 6.45) is -2.86. The summed E-state index contributed by atoms with van der Waals surface area (Å²) in [6.45, 7) is 6.40. The number of alkyl halides is 3. The van der Waals surface area contributed by atoms with Crippen molar-refractivity contribution in [3.05, 3.63) is 40.8 Å². The third-order valence-electron chi connectivity index (χ3n) is 3.46. The molecule has 0 atom stereocenters. The smallest absolute Gasteiger partial charge is 0.318 e. The van der Waals surface area contributed by atoms with Crippen LogP contribution >= 0.6 is 0 Å². The van der Waals surface area contributed by atoms with Crippen LogP contribution in [0.4, 0.5) is 13.2 Å². The fourth-order valence-electron chi connectivity index (χ4n) is 2.15. The van der Waals surface area contributed by atoms with Gasteiger partial charge in [0, 0.05) is 17.7 Å². The van der Waals surface area contributed by atoms with Crippen LogP contribution in [0.15, 0.2) is 23.5 Å². The predicted molar refractivity (Wildman–Crippen MR) is 84.4 cm³/mol. The molecule has 0 fully saturated rings. The van der Waals surface area contributed by atoms with Gasteiger partial charge in [-0.1, -0.05) is 12.1 Å². The number of carbonyl (C=O) groups excluding carboxylic acids is 1. The lowest BCUT2D eigenvalue weighted by Gasteiger charge is -2.11. The SMILES string of the molecule is CCC(=O)O/N=C(\C)c1cnn(-c2cc(C(F)(F)F)cc(C)n2)c1C. The number of oxime groups is 1. The highest BCUT2D eigenvalue weighted by Gasteiger charge is 2.31. The molecular weight excluding hydrogens is 337 g/mol. The first-order valence-electron chi connectivity index (χ1n) is 7.49. The van der Waals surface area contributed by atoms with Gasteiger partial charge in [-0.25, -0.2) is 14.5 Å². The van der Waals surface area contributed by atoms with E-state index in [0.29, 0.717) is 17.0 Å². The number of nitrogens with zero attached hydrogens (tertiary/aromatic N) is 4. The van der Waals surface area contributed by atoms with Crippen LogP contribution in [0.2, 0.25) is 0 Å². The Bertz CT molecular complexity index is 825. The standard InChI is InChI=1S/C16H17F3N4O2/c1-5-15(24)25-22-10(3)13-8-20-23(11(13)4)14-7-12(16(17,18)19)6-9(2)21-14/h6-8H,5H2,1-4H3/b22-10+. The maximum Gasteiger partial charge on any atom is 0.416 e. The molecule has 0 saturated heterocycles. The normalized spacial score (nSPS) is 12.4. The highest BCUT2D eigenvalue weighted by Crippen LogP contribution is 2.30. The van der Waals surface area contributed by atoms with Crippen molar-refractivity contribution < 1.29 is 22.8 Å². The van der Waals surface area contributed by atoms with E-state index in [2.05, 4.69) is 15.2 Å². The Morgan fingerprint density at radius 2 is 2.00 bits per heavy atom. The van der Waals surface area contributed by atoms with Crippen LogP contribution in [-0.2, 0) is 15.8 Å². The zero-order valence-electron chi connectivity index (χ0n) is 14.2. The molecule has 0 saturated carbocycles. The molecular formula is C16H17F3N4O2. The summed E-state index contributed by atoms with van der Waals surface area (Å²) in [4.78, 5) is 20.0. The first-order chi connectivity index (χ1) is 11.6. The van der Waals surface area contributed by atoms with Crippen LogP contribution < -0.4 is 0 Å². The first kappa shape index (κ1) is 18.6. The second kappa shape index (κ2) is 7.04. The van der Waals surface area contributed by atoms with Crippen molar-refractivity contribution in [2.45, 2.75) is 40.3 Å². The molecule has 0 aliphatic heterocycles. The van der Waals surface area contributed by atoms with E-state index in [9.17, 15) is 18.0 Å². The number of hydrogen-bond donors (Lipinski definition) is 0. The Labute approximate surface area is 142 Å². The monoisotopic (exact) mass is 354 g/mol.